The Morgan fingerprint density at radius 3 is 2.69 bits per heavy atom. The van der Waals surface area contributed by atoms with Gasteiger partial charge in [-0.3, -0.25) is 9.59 Å². The van der Waals surface area contributed by atoms with Crippen molar-refractivity contribution >= 4 is 11.9 Å². The maximum absolute atomic E-state index is 10.7. The van der Waals surface area contributed by atoms with Crippen molar-refractivity contribution in [3.8, 4) is 0 Å². The predicted molar refractivity (Wildman–Crippen MR) is 41.8 cm³/mol. The first kappa shape index (κ1) is 11.2. The Balaban J connectivity index is 3.40. The number of carbonyl (C=O) groups is 2. The van der Waals surface area contributed by atoms with Crippen LogP contribution in [-0.4, -0.2) is 30.2 Å². The predicted octanol–water partition coefficient (Wildman–Crippen LogP) is 0.705. The molecule has 0 aromatic carbocycles. The molecule has 0 aromatic heterocycles. The molecule has 7 heteroatoms. The molecule has 13 heavy (non-hydrogen) atoms. The van der Waals surface area contributed by atoms with E-state index in [9.17, 15) is 9.59 Å². The molecule has 0 heterocycles. The molecule has 0 amide bonds. The van der Waals surface area contributed by atoms with E-state index in [2.05, 4.69) is 14.8 Å². The summed E-state index contributed by atoms with van der Waals surface area (Å²) in [5.41, 5.74) is 7.85. The first-order valence-corrected chi connectivity index (χ1v) is 3.55. The average molecular weight is 187 g/mol. The molecule has 0 saturated carbocycles. The van der Waals surface area contributed by atoms with Crippen molar-refractivity contribution in [3.63, 3.8) is 0 Å². The highest BCUT2D eigenvalue weighted by Gasteiger charge is 2.05. The van der Waals surface area contributed by atoms with Gasteiger partial charge in [0.1, 0.15) is 0 Å². The summed E-state index contributed by atoms with van der Waals surface area (Å²) in [5.74, 6) is -1.65. The minimum atomic E-state index is -1.05. The molecule has 0 radical (unpaired) electrons. The standard InChI is InChI=1S/C6H9N3O4/c7-9-8-3-4-13-6(12)2-1-5(10)11/h1-4H2,(H,10,11). The van der Waals surface area contributed by atoms with Gasteiger partial charge in [0, 0.05) is 4.91 Å². The van der Waals surface area contributed by atoms with E-state index in [0.717, 1.165) is 0 Å². The Morgan fingerprint density at radius 2 is 2.15 bits per heavy atom. The fourth-order valence-electron chi connectivity index (χ4n) is 0.526. The molecule has 0 rings (SSSR count). The quantitative estimate of drug-likeness (QED) is 0.217. The van der Waals surface area contributed by atoms with E-state index in [0.29, 0.717) is 0 Å². The van der Waals surface area contributed by atoms with E-state index in [1.54, 1.807) is 0 Å². The highest BCUT2D eigenvalue weighted by Crippen LogP contribution is 1.92. The fraction of sp³-hybridized carbons (Fsp3) is 0.667. The van der Waals surface area contributed by atoms with Gasteiger partial charge in [-0.15, -0.1) is 0 Å². The number of ether oxygens (including phenoxy) is 1. The third-order valence-corrected chi connectivity index (χ3v) is 1.06. The number of hydrogen-bond donors (Lipinski definition) is 1. The summed E-state index contributed by atoms with van der Waals surface area (Å²) < 4.78 is 4.53. The zero-order valence-electron chi connectivity index (χ0n) is 6.84. The van der Waals surface area contributed by atoms with Gasteiger partial charge < -0.3 is 9.84 Å². The van der Waals surface area contributed by atoms with Crippen LogP contribution in [0.4, 0.5) is 0 Å². The van der Waals surface area contributed by atoms with Crippen molar-refractivity contribution in [2.45, 2.75) is 12.8 Å². The van der Waals surface area contributed by atoms with Gasteiger partial charge >= 0.3 is 11.9 Å². The smallest absolute Gasteiger partial charge is 0.306 e. The number of azide groups is 1. The van der Waals surface area contributed by atoms with Crippen molar-refractivity contribution in [3.05, 3.63) is 10.4 Å². The Kier molecular flexibility index (Phi) is 6.00. The molecule has 0 atom stereocenters. The van der Waals surface area contributed by atoms with Crippen molar-refractivity contribution in [2.75, 3.05) is 13.2 Å². The zero-order chi connectivity index (χ0) is 10.1. The second kappa shape index (κ2) is 6.93. The molecule has 7 nitrogen and oxygen atoms in total. The minimum Gasteiger partial charge on any atom is -0.481 e. The van der Waals surface area contributed by atoms with E-state index in [1.807, 2.05) is 0 Å². The van der Waals surface area contributed by atoms with Crippen molar-refractivity contribution < 1.29 is 19.4 Å². The largest absolute Gasteiger partial charge is 0.481 e. The molecule has 0 aromatic rings. The zero-order valence-corrected chi connectivity index (χ0v) is 6.84. The van der Waals surface area contributed by atoms with Crippen LogP contribution >= 0.6 is 0 Å². The summed E-state index contributed by atoms with van der Waals surface area (Å²) in [4.78, 5) is 23.1. The topological polar surface area (TPSA) is 112 Å². The van der Waals surface area contributed by atoms with Crippen LogP contribution in [0.5, 0.6) is 0 Å². The molecular formula is C6H9N3O4. The van der Waals surface area contributed by atoms with E-state index >= 15 is 0 Å². The van der Waals surface area contributed by atoms with E-state index in [1.165, 1.54) is 0 Å². The van der Waals surface area contributed by atoms with Gasteiger partial charge in [0.2, 0.25) is 0 Å². The second-order valence-corrected chi connectivity index (χ2v) is 2.07. The lowest BCUT2D eigenvalue weighted by molar-refractivity contribution is -0.147. The molecule has 1 N–H and O–H groups in total. The average Bonchev–Trinajstić information content (AvgIpc) is 2.09. The molecule has 0 bridgehead atoms. The van der Waals surface area contributed by atoms with Crippen LogP contribution in [-0.2, 0) is 14.3 Å². The molecule has 72 valence electrons. The number of carboxylic acid groups (broad SMARTS) is 1. The second-order valence-electron chi connectivity index (χ2n) is 2.07. The third kappa shape index (κ3) is 8.15. The lowest BCUT2D eigenvalue weighted by Crippen LogP contribution is -2.09. The third-order valence-electron chi connectivity index (χ3n) is 1.06. The van der Waals surface area contributed by atoms with Gasteiger partial charge in [-0.2, -0.15) is 0 Å². The summed E-state index contributed by atoms with van der Waals surface area (Å²) in [6.07, 6.45) is -0.411. The van der Waals surface area contributed by atoms with E-state index in [4.69, 9.17) is 10.6 Å². The lowest BCUT2D eigenvalue weighted by Gasteiger charge is -1.99. The van der Waals surface area contributed by atoms with Gasteiger partial charge in [-0.05, 0) is 5.53 Å². The van der Waals surface area contributed by atoms with Crippen LogP contribution < -0.4 is 0 Å². The molecule has 0 aliphatic heterocycles. The maximum atomic E-state index is 10.7. The molecular weight excluding hydrogens is 178 g/mol. The van der Waals surface area contributed by atoms with Crippen LogP contribution in [0.2, 0.25) is 0 Å². The van der Waals surface area contributed by atoms with Gasteiger partial charge in [0.15, 0.2) is 0 Å². The number of esters is 1. The highest BCUT2D eigenvalue weighted by molar-refractivity contribution is 5.76. The summed E-state index contributed by atoms with van der Waals surface area (Å²) in [6, 6.07) is 0. The molecule has 0 fully saturated rings. The molecule has 0 spiro atoms. The van der Waals surface area contributed by atoms with Crippen LogP contribution in [0.25, 0.3) is 10.4 Å². The number of rotatable bonds is 6. The fourth-order valence-corrected chi connectivity index (χ4v) is 0.526. The molecule has 0 saturated heterocycles. The molecule has 0 aliphatic rings. The summed E-state index contributed by atoms with van der Waals surface area (Å²) in [6.45, 7) is 0.0534. The van der Waals surface area contributed by atoms with E-state index in [-0.39, 0.29) is 26.0 Å². The first-order valence-electron chi connectivity index (χ1n) is 3.55. The van der Waals surface area contributed by atoms with Gasteiger partial charge in [-0.25, -0.2) is 0 Å². The molecule has 0 aliphatic carbocycles. The van der Waals surface area contributed by atoms with Gasteiger partial charge in [0.25, 0.3) is 0 Å². The van der Waals surface area contributed by atoms with Crippen molar-refractivity contribution in [1.29, 1.82) is 0 Å². The number of carboxylic acids is 1. The SMILES string of the molecule is [N-]=[N+]=NCCOC(=O)CCC(=O)O. The highest BCUT2D eigenvalue weighted by atomic mass is 16.5. The monoisotopic (exact) mass is 187 g/mol. The minimum absolute atomic E-state index is 0.0114. The van der Waals surface area contributed by atoms with Crippen LogP contribution in [0, 0.1) is 0 Å². The number of hydrogen-bond acceptors (Lipinski definition) is 4. The Morgan fingerprint density at radius 1 is 1.46 bits per heavy atom. The van der Waals surface area contributed by atoms with Crippen LogP contribution in [0.1, 0.15) is 12.8 Å². The van der Waals surface area contributed by atoms with Crippen molar-refractivity contribution in [2.24, 2.45) is 5.11 Å². The Labute approximate surface area is 73.9 Å². The number of carbonyl (C=O) groups excluding carboxylic acids is 1. The summed E-state index contributed by atoms with van der Waals surface area (Å²) in [7, 11) is 0. The van der Waals surface area contributed by atoms with Gasteiger partial charge in [0.05, 0.1) is 26.0 Å². The Hall–Kier alpha value is -1.75. The first-order chi connectivity index (χ1) is 6.16. The van der Waals surface area contributed by atoms with Gasteiger partial charge in [-0.1, -0.05) is 5.11 Å². The number of nitrogens with zero attached hydrogens (tertiary/aromatic N) is 3. The van der Waals surface area contributed by atoms with Crippen molar-refractivity contribution in [1.82, 2.24) is 0 Å². The Bertz CT molecular complexity index is 234. The maximum Gasteiger partial charge on any atom is 0.306 e. The normalized spacial score (nSPS) is 8.62. The van der Waals surface area contributed by atoms with Crippen LogP contribution in [0.15, 0.2) is 5.11 Å². The summed E-state index contributed by atoms with van der Waals surface area (Å²) >= 11 is 0. The number of aliphatic carboxylic acids is 1. The lowest BCUT2D eigenvalue weighted by atomic mass is 10.3. The summed E-state index contributed by atoms with van der Waals surface area (Å²) in [5, 5.41) is 11.3. The van der Waals surface area contributed by atoms with Crippen LogP contribution in [0.3, 0.4) is 0 Å². The van der Waals surface area contributed by atoms with E-state index < -0.39 is 11.9 Å². The molecule has 0 unspecified atom stereocenters.